The van der Waals surface area contributed by atoms with Gasteiger partial charge < -0.3 is 10.4 Å². The van der Waals surface area contributed by atoms with Crippen molar-refractivity contribution in [3.8, 4) is 11.3 Å². The summed E-state index contributed by atoms with van der Waals surface area (Å²) in [5.41, 5.74) is 2.61. The van der Waals surface area contributed by atoms with E-state index in [0.29, 0.717) is 5.13 Å². The number of nitrogens with zero attached hydrogens (tertiary/aromatic N) is 5. The van der Waals surface area contributed by atoms with E-state index in [-0.39, 0.29) is 5.69 Å². The van der Waals surface area contributed by atoms with E-state index in [9.17, 15) is 9.59 Å². The first-order chi connectivity index (χ1) is 12.4. The molecule has 0 saturated heterocycles. The number of aromatic nitrogens is 5. The van der Waals surface area contributed by atoms with Crippen LogP contribution in [0.5, 0.6) is 0 Å². The van der Waals surface area contributed by atoms with E-state index in [2.05, 4.69) is 20.5 Å². The Kier molecular flexibility index (Phi) is 4.85. The number of amides is 1. The second-order valence-corrected chi connectivity index (χ2v) is 6.49. The van der Waals surface area contributed by atoms with Crippen molar-refractivity contribution in [2.75, 3.05) is 5.32 Å². The molecule has 0 aromatic carbocycles. The maximum absolute atomic E-state index is 12.4. The lowest BCUT2D eigenvalue weighted by Crippen LogP contribution is -2.26. The van der Waals surface area contributed by atoms with Crippen LogP contribution in [0.3, 0.4) is 0 Å². The molecule has 0 radical (unpaired) electrons. The average Bonchev–Trinajstić information content (AvgIpc) is 3.33. The van der Waals surface area contributed by atoms with E-state index in [1.165, 1.54) is 28.3 Å². The van der Waals surface area contributed by atoms with E-state index in [0.717, 1.165) is 23.5 Å². The molecule has 0 aliphatic rings. The standard InChI is InChI=1S/C16H18N6O3S/c1-4-21-9(2)11(7-18-21)12-8-26-16(19-12)20-14(23)10(3)22-13(15(24)25)5-6-17-22/h5-8,10H,4H2,1-3H3,(H,24,25)(H,19,20,23). The van der Waals surface area contributed by atoms with Gasteiger partial charge >= 0.3 is 5.97 Å². The van der Waals surface area contributed by atoms with Gasteiger partial charge in [-0.05, 0) is 26.8 Å². The van der Waals surface area contributed by atoms with Gasteiger partial charge in [0.1, 0.15) is 11.7 Å². The molecule has 2 N–H and O–H groups in total. The summed E-state index contributed by atoms with van der Waals surface area (Å²) in [4.78, 5) is 28.0. The number of carboxylic acids is 1. The second kappa shape index (κ2) is 7.08. The van der Waals surface area contributed by atoms with Crippen LogP contribution in [0, 0.1) is 6.92 Å². The Morgan fingerprint density at radius 2 is 2.15 bits per heavy atom. The highest BCUT2D eigenvalue weighted by Gasteiger charge is 2.22. The van der Waals surface area contributed by atoms with Crippen LogP contribution in [-0.2, 0) is 11.3 Å². The van der Waals surface area contributed by atoms with E-state index >= 15 is 0 Å². The maximum atomic E-state index is 12.4. The fourth-order valence-corrected chi connectivity index (χ4v) is 3.30. The molecule has 0 spiro atoms. The Morgan fingerprint density at radius 1 is 1.38 bits per heavy atom. The molecule has 1 atom stereocenters. The van der Waals surface area contributed by atoms with Crippen molar-refractivity contribution in [2.45, 2.75) is 33.4 Å². The van der Waals surface area contributed by atoms with Crippen LogP contribution in [0.15, 0.2) is 23.8 Å². The van der Waals surface area contributed by atoms with E-state index in [4.69, 9.17) is 5.11 Å². The molecule has 0 fully saturated rings. The fraction of sp³-hybridized carbons (Fsp3) is 0.312. The number of aryl methyl sites for hydroxylation is 1. The third-order valence-corrected chi connectivity index (χ3v) is 4.81. The lowest BCUT2D eigenvalue weighted by atomic mass is 10.2. The summed E-state index contributed by atoms with van der Waals surface area (Å²) in [6.45, 7) is 6.33. The predicted molar refractivity (Wildman–Crippen MR) is 96.3 cm³/mol. The molecule has 1 amide bonds. The van der Waals surface area contributed by atoms with E-state index in [1.807, 2.05) is 23.9 Å². The Morgan fingerprint density at radius 3 is 2.81 bits per heavy atom. The van der Waals surface area contributed by atoms with Gasteiger partial charge in [-0.1, -0.05) is 0 Å². The summed E-state index contributed by atoms with van der Waals surface area (Å²) in [6.07, 6.45) is 3.11. The van der Waals surface area contributed by atoms with Gasteiger partial charge in [0, 0.05) is 29.4 Å². The Labute approximate surface area is 153 Å². The van der Waals surface area contributed by atoms with Gasteiger partial charge in [0.15, 0.2) is 5.13 Å². The highest BCUT2D eigenvalue weighted by Crippen LogP contribution is 2.27. The molecule has 3 aromatic rings. The zero-order valence-electron chi connectivity index (χ0n) is 14.5. The second-order valence-electron chi connectivity index (χ2n) is 5.63. The number of hydrogen-bond donors (Lipinski definition) is 2. The van der Waals surface area contributed by atoms with Crippen LogP contribution in [0.2, 0.25) is 0 Å². The smallest absolute Gasteiger partial charge is 0.354 e. The van der Waals surface area contributed by atoms with E-state index in [1.54, 1.807) is 13.1 Å². The average molecular weight is 374 g/mol. The molecule has 3 rings (SSSR count). The number of carboxylic acid groups (broad SMARTS) is 1. The van der Waals surface area contributed by atoms with Crippen molar-refractivity contribution in [2.24, 2.45) is 0 Å². The monoisotopic (exact) mass is 374 g/mol. The molecule has 0 saturated carbocycles. The van der Waals surface area contributed by atoms with Crippen molar-refractivity contribution < 1.29 is 14.7 Å². The highest BCUT2D eigenvalue weighted by atomic mass is 32.1. The number of aromatic carboxylic acids is 1. The van der Waals surface area contributed by atoms with Crippen LogP contribution < -0.4 is 5.32 Å². The molecule has 26 heavy (non-hydrogen) atoms. The lowest BCUT2D eigenvalue weighted by Gasteiger charge is -2.12. The van der Waals surface area contributed by atoms with Gasteiger partial charge in [0.25, 0.3) is 5.91 Å². The van der Waals surface area contributed by atoms with Crippen molar-refractivity contribution in [1.82, 2.24) is 24.5 Å². The lowest BCUT2D eigenvalue weighted by molar-refractivity contribution is -0.119. The Bertz CT molecular complexity index is 957. The first-order valence-corrected chi connectivity index (χ1v) is 8.86. The Balaban J connectivity index is 1.76. The van der Waals surface area contributed by atoms with Crippen LogP contribution in [0.1, 0.15) is 36.1 Å². The molecule has 136 valence electrons. The maximum Gasteiger partial charge on any atom is 0.354 e. The highest BCUT2D eigenvalue weighted by molar-refractivity contribution is 7.14. The number of hydrogen-bond acceptors (Lipinski definition) is 6. The van der Waals surface area contributed by atoms with Gasteiger partial charge in [-0.25, -0.2) is 14.5 Å². The van der Waals surface area contributed by atoms with Gasteiger partial charge in [-0.2, -0.15) is 10.2 Å². The number of carbonyl (C=O) groups is 2. The van der Waals surface area contributed by atoms with Crippen molar-refractivity contribution in [3.63, 3.8) is 0 Å². The zero-order valence-corrected chi connectivity index (χ0v) is 15.3. The molecule has 3 aromatic heterocycles. The quantitative estimate of drug-likeness (QED) is 0.685. The summed E-state index contributed by atoms with van der Waals surface area (Å²) in [5, 5.41) is 22.4. The third-order valence-electron chi connectivity index (χ3n) is 4.05. The van der Waals surface area contributed by atoms with Gasteiger partial charge in [0.2, 0.25) is 0 Å². The molecule has 0 aliphatic heterocycles. The molecular weight excluding hydrogens is 356 g/mol. The molecule has 10 heteroatoms. The fourth-order valence-electron chi connectivity index (χ4n) is 2.58. The zero-order chi connectivity index (χ0) is 18.8. The summed E-state index contributed by atoms with van der Waals surface area (Å²) in [5.74, 6) is -1.53. The summed E-state index contributed by atoms with van der Waals surface area (Å²) < 4.78 is 3.04. The number of anilines is 1. The molecule has 1 unspecified atom stereocenters. The van der Waals surface area contributed by atoms with Crippen LogP contribution in [0.25, 0.3) is 11.3 Å². The SMILES string of the molecule is CCn1ncc(-c2csc(NC(=O)C(C)n3nccc3C(=O)O)n2)c1C. The van der Waals surface area contributed by atoms with Crippen molar-refractivity contribution >= 4 is 28.3 Å². The topological polar surface area (TPSA) is 115 Å². The largest absolute Gasteiger partial charge is 0.477 e. The number of carbonyl (C=O) groups excluding carboxylic acids is 1. The predicted octanol–water partition coefficient (Wildman–Crippen LogP) is 2.43. The van der Waals surface area contributed by atoms with E-state index < -0.39 is 17.9 Å². The minimum atomic E-state index is -1.14. The molecule has 0 bridgehead atoms. The van der Waals surface area contributed by atoms with Gasteiger partial charge in [0.05, 0.1) is 11.9 Å². The first kappa shape index (κ1) is 17.8. The summed E-state index contributed by atoms with van der Waals surface area (Å²) in [7, 11) is 0. The van der Waals surface area contributed by atoms with Crippen LogP contribution in [-0.4, -0.2) is 41.5 Å². The summed E-state index contributed by atoms with van der Waals surface area (Å²) >= 11 is 1.30. The van der Waals surface area contributed by atoms with Gasteiger partial charge in [-0.3, -0.25) is 9.48 Å². The minimum absolute atomic E-state index is 0.0462. The first-order valence-electron chi connectivity index (χ1n) is 7.98. The molecule has 3 heterocycles. The molecule has 9 nitrogen and oxygen atoms in total. The third kappa shape index (κ3) is 3.23. The number of thiazole rings is 1. The van der Waals surface area contributed by atoms with Crippen molar-refractivity contribution in [1.29, 1.82) is 0 Å². The summed E-state index contributed by atoms with van der Waals surface area (Å²) in [6, 6.07) is 0.565. The minimum Gasteiger partial charge on any atom is -0.477 e. The van der Waals surface area contributed by atoms with Crippen LogP contribution >= 0.6 is 11.3 Å². The Hall–Kier alpha value is -3.01. The molecular formula is C16H18N6O3S. The molecule has 0 aliphatic carbocycles. The number of rotatable bonds is 6. The van der Waals surface area contributed by atoms with Crippen LogP contribution in [0.4, 0.5) is 5.13 Å². The van der Waals surface area contributed by atoms with Gasteiger partial charge in [-0.15, -0.1) is 11.3 Å². The normalized spacial score (nSPS) is 12.1. The van der Waals surface area contributed by atoms with Crippen molar-refractivity contribution in [3.05, 3.63) is 35.2 Å². The number of nitrogens with one attached hydrogen (secondary N) is 1.